The molecule has 0 spiro atoms. The number of fused-ring (bicyclic) bond motifs is 6. The van der Waals surface area contributed by atoms with Gasteiger partial charge < -0.3 is 9.47 Å². The van der Waals surface area contributed by atoms with Gasteiger partial charge in [-0.05, 0) is 118 Å². The molecule has 11 aromatic rings. The number of thiophene rings is 1. The Morgan fingerprint density at radius 1 is 0.407 bits per heavy atom. The van der Waals surface area contributed by atoms with Gasteiger partial charge in [0.2, 0.25) is 0 Å². The third kappa shape index (κ3) is 6.04. The molecule has 2 aromatic heterocycles. The van der Waals surface area contributed by atoms with Crippen molar-refractivity contribution in [2.45, 2.75) is 0 Å². The average Bonchev–Trinajstić information content (AvgIpc) is 3.86. The number of rotatable bonds is 7. The van der Waals surface area contributed by atoms with Crippen LogP contribution in [0, 0.1) is 11.3 Å². The highest BCUT2D eigenvalue weighted by molar-refractivity contribution is 7.26. The Hall–Kier alpha value is -7.71. The third-order valence-electron chi connectivity index (χ3n) is 11.5. The number of hydrogen-bond donors (Lipinski definition) is 0. The monoisotopic (exact) mass is 769 g/mol. The molecule has 0 N–H and O–H groups in total. The quantitative estimate of drug-likeness (QED) is 0.162. The smallest absolute Gasteiger partial charge is 0.0991 e. The van der Waals surface area contributed by atoms with Gasteiger partial charge in [0.05, 0.1) is 22.7 Å². The van der Waals surface area contributed by atoms with Crippen molar-refractivity contribution in [1.29, 1.82) is 5.26 Å². The number of aromatic nitrogens is 1. The van der Waals surface area contributed by atoms with Crippen molar-refractivity contribution in [3.05, 3.63) is 218 Å². The van der Waals surface area contributed by atoms with E-state index in [0.717, 1.165) is 44.9 Å². The van der Waals surface area contributed by atoms with Gasteiger partial charge in [-0.25, -0.2) is 0 Å². The molecule has 3 nitrogen and oxygen atoms in total. The second kappa shape index (κ2) is 14.3. The second-order valence-corrected chi connectivity index (χ2v) is 15.9. The Morgan fingerprint density at radius 2 is 0.949 bits per heavy atom. The topological polar surface area (TPSA) is 32.0 Å². The van der Waals surface area contributed by atoms with E-state index in [4.69, 9.17) is 0 Å². The average molecular weight is 770 g/mol. The molecule has 0 aliphatic rings. The summed E-state index contributed by atoms with van der Waals surface area (Å²) in [6.07, 6.45) is 0. The predicted octanol–water partition coefficient (Wildman–Crippen LogP) is 15.5. The zero-order valence-electron chi connectivity index (χ0n) is 32.0. The summed E-state index contributed by atoms with van der Waals surface area (Å²) in [4.78, 5) is 2.34. The summed E-state index contributed by atoms with van der Waals surface area (Å²) in [5, 5.41) is 14.4. The highest BCUT2D eigenvalue weighted by Gasteiger charge is 2.17. The first-order chi connectivity index (χ1) is 29.2. The summed E-state index contributed by atoms with van der Waals surface area (Å²) >= 11 is 1.87. The zero-order valence-corrected chi connectivity index (χ0v) is 32.8. The first-order valence-electron chi connectivity index (χ1n) is 19.8. The summed E-state index contributed by atoms with van der Waals surface area (Å²) in [5.41, 5.74) is 14.4. The number of nitrogens with zero attached hydrogens (tertiary/aromatic N) is 3. The van der Waals surface area contributed by atoms with E-state index in [1.165, 1.54) is 53.2 Å². The minimum atomic E-state index is 0.654. The second-order valence-electron chi connectivity index (χ2n) is 14.9. The molecule has 0 radical (unpaired) electrons. The molecule has 276 valence electrons. The van der Waals surface area contributed by atoms with Crippen LogP contribution in [0.4, 0.5) is 17.1 Å². The molecule has 0 bridgehead atoms. The van der Waals surface area contributed by atoms with E-state index < -0.39 is 0 Å². The van der Waals surface area contributed by atoms with E-state index in [9.17, 15) is 5.26 Å². The lowest BCUT2D eigenvalue weighted by atomic mass is 10.0. The molecule has 9 aromatic carbocycles. The summed E-state index contributed by atoms with van der Waals surface area (Å²) in [6, 6.07) is 78.1. The molecule has 0 aliphatic heterocycles. The van der Waals surface area contributed by atoms with Crippen molar-refractivity contribution in [2.24, 2.45) is 0 Å². The summed E-state index contributed by atoms with van der Waals surface area (Å²) in [7, 11) is 0. The number of hydrogen-bond acceptors (Lipinski definition) is 3. The fraction of sp³-hybridized carbons (Fsp3) is 0. The summed E-state index contributed by atoms with van der Waals surface area (Å²) in [5.74, 6) is 0. The van der Waals surface area contributed by atoms with Gasteiger partial charge in [0.25, 0.3) is 0 Å². The Bertz CT molecular complexity index is 3350. The van der Waals surface area contributed by atoms with Gasteiger partial charge in [-0.2, -0.15) is 5.26 Å². The van der Waals surface area contributed by atoms with Crippen LogP contribution in [0.5, 0.6) is 0 Å². The van der Waals surface area contributed by atoms with Crippen molar-refractivity contribution in [1.82, 2.24) is 4.57 Å². The Kier molecular flexibility index (Phi) is 8.40. The Morgan fingerprint density at radius 3 is 1.64 bits per heavy atom. The molecule has 0 saturated carbocycles. The van der Waals surface area contributed by atoms with Gasteiger partial charge in [0.15, 0.2) is 0 Å². The first kappa shape index (κ1) is 34.5. The van der Waals surface area contributed by atoms with Crippen LogP contribution in [0.25, 0.3) is 81.0 Å². The van der Waals surface area contributed by atoms with Crippen molar-refractivity contribution in [3.8, 4) is 45.1 Å². The molecule has 0 fully saturated rings. The van der Waals surface area contributed by atoms with E-state index >= 15 is 0 Å². The highest BCUT2D eigenvalue weighted by atomic mass is 32.1. The molecule has 4 heteroatoms. The predicted molar refractivity (Wildman–Crippen MR) is 249 cm³/mol. The van der Waals surface area contributed by atoms with Crippen LogP contribution < -0.4 is 4.90 Å². The van der Waals surface area contributed by atoms with Crippen LogP contribution in [0.3, 0.4) is 0 Å². The molecular formula is C55H35N3S. The van der Waals surface area contributed by atoms with Gasteiger partial charge >= 0.3 is 0 Å². The fourth-order valence-corrected chi connectivity index (χ4v) is 9.80. The van der Waals surface area contributed by atoms with E-state index in [1.54, 1.807) is 0 Å². The summed E-state index contributed by atoms with van der Waals surface area (Å²) < 4.78 is 4.92. The van der Waals surface area contributed by atoms with Gasteiger partial charge in [-0.15, -0.1) is 11.3 Å². The lowest BCUT2D eigenvalue weighted by Crippen LogP contribution is -2.09. The van der Waals surface area contributed by atoms with Crippen molar-refractivity contribution >= 4 is 70.4 Å². The van der Waals surface area contributed by atoms with Crippen molar-refractivity contribution in [3.63, 3.8) is 0 Å². The number of anilines is 3. The van der Waals surface area contributed by atoms with Crippen LogP contribution in [-0.2, 0) is 0 Å². The van der Waals surface area contributed by atoms with Gasteiger partial charge in [-0.1, -0.05) is 127 Å². The SMILES string of the molecule is N#Cc1ccc(-n2c3ccccc3c3cc(-c4ccc(N(c5ccc(-c6ccccc6)cc5)c5ccc(-c6cccc7c6sc6ccccc67)cc5)cc4)ccc32)cc1. The van der Waals surface area contributed by atoms with E-state index in [0.29, 0.717) is 5.56 Å². The van der Waals surface area contributed by atoms with Crippen LogP contribution >= 0.6 is 11.3 Å². The van der Waals surface area contributed by atoms with E-state index in [1.807, 2.05) is 35.6 Å². The van der Waals surface area contributed by atoms with E-state index in [-0.39, 0.29) is 0 Å². The van der Waals surface area contributed by atoms with Gasteiger partial charge in [0, 0.05) is 53.7 Å². The Labute approximate surface area is 346 Å². The lowest BCUT2D eigenvalue weighted by Gasteiger charge is -2.26. The van der Waals surface area contributed by atoms with Crippen LogP contribution in [0.2, 0.25) is 0 Å². The molecule has 0 saturated heterocycles. The van der Waals surface area contributed by atoms with Crippen molar-refractivity contribution in [2.75, 3.05) is 4.90 Å². The molecule has 0 atom stereocenters. The van der Waals surface area contributed by atoms with Gasteiger partial charge in [0.1, 0.15) is 0 Å². The minimum absolute atomic E-state index is 0.654. The normalized spacial score (nSPS) is 11.4. The maximum absolute atomic E-state index is 9.39. The lowest BCUT2D eigenvalue weighted by molar-refractivity contribution is 1.18. The molecule has 59 heavy (non-hydrogen) atoms. The minimum Gasteiger partial charge on any atom is -0.311 e. The number of benzene rings is 9. The van der Waals surface area contributed by atoms with Crippen LogP contribution in [-0.4, -0.2) is 4.57 Å². The zero-order chi connectivity index (χ0) is 39.3. The highest BCUT2D eigenvalue weighted by Crippen LogP contribution is 2.42. The molecule has 11 rings (SSSR count). The maximum atomic E-state index is 9.39. The van der Waals surface area contributed by atoms with Crippen LogP contribution in [0.1, 0.15) is 5.56 Å². The summed E-state index contributed by atoms with van der Waals surface area (Å²) in [6.45, 7) is 0. The fourth-order valence-electron chi connectivity index (χ4n) is 8.56. The standard InChI is InChI=1S/C55H35N3S/c56-36-37-17-26-46(27-18-37)58-52-15-6-4-11-48(52)51-35-42(25-34-53(51)58)40-21-30-44(31-22-40)57(43-28-19-39(20-29-43)38-9-2-1-3-10-38)45-32-23-41(24-33-45)47-13-8-14-50-49-12-5-7-16-54(49)59-55(47)50/h1-35H. The molecule has 0 amide bonds. The molecular weight excluding hydrogens is 735 g/mol. The van der Waals surface area contributed by atoms with Gasteiger partial charge in [-0.3, -0.25) is 0 Å². The molecule has 2 heterocycles. The molecule has 0 unspecified atom stereocenters. The number of nitriles is 1. The Balaban J connectivity index is 0.976. The first-order valence-corrected chi connectivity index (χ1v) is 20.6. The van der Waals surface area contributed by atoms with Crippen molar-refractivity contribution < 1.29 is 0 Å². The number of para-hydroxylation sites is 1. The third-order valence-corrected chi connectivity index (χ3v) is 12.7. The maximum Gasteiger partial charge on any atom is 0.0991 e. The largest absolute Gasteiger partial charge is 0.311 e. The van der Waals surface area contributed by atoms with E-state index in [2.05, 4.69) is 204 Å². The van der Waals surface area contributed by atoms with Crippen LogP contribution in [0.15, 0.2) is 212 Å². The molecule has 0 aliphatic carbocycles.